The van der Waals surface area contributed by atoms with Gasteiger partial charge in [0.2, 0.25) is 11.8 Å². The number of aromatic nitrogens is 2. The van der Waals surface area contributed by atoms with E-state index in [9.17, 15) is 4.79 Å². The first-order chi connectivity index (χ1) is 17.6. The number of carbonyl (C=O) groups is 1. The molecule has 5 rings (SSSR count). The molecular weight excluding hydrogens is 470 g/mol. The molecule has 0 saturated carbocycles. The maximum absolute atomic E-state index is 11.8. The second-order valence-corrected chi connectivity index (χ2v) is 9.79. The van der Waals surface area contributed by atoms with Crippen LogP contribution in [0.25, 0.3) is 21.6 Å². The minimum Gasteiger partial charge on any atom is -0.489 e. The maximum Gasteiger partial charge on any atom is 0.222 e. The molecule has 3 heterocycles. The first-order valence-electron chi connectivity index (χ1n) is 12.2. The summed E-state index contributed by atoms with van der Waals surface area (Å²) in [5.41, 5.74) is 6.46. The zero-order valence-corrected chi connectivity index (χ0v) is 21.4. The molecule has 1 amide bonds. The van der Waals surface area contributed by atoms with Crippen molar-refractivity contribution in [3.63, 3.8) is 0 Å². The highest BCUT2D eigenvalue weighted by Gasteiger charge is 2.19. The van der Waals surface area contributed by atoms with Crippen molar-refractivity contribution >= 4 is 17.4 Å². The molecule has 0 N–H and O–H groups in total. The minimum absolute atomic E-state index is 0.214. The monoisotopic (exact) mass is 499 g/mol. The number of benzene rings is 2. The summed E-state index contributed by atoms with van der Waals surface area (Å²) in [7, 11) is 0. The highest BCUT2D eigenvalue weighted by molar-refractivity contribution is 7.09. The molecule has 1 saturated heterocycles. The molecule has 1 fully saturated rings. The van der Waals surface area contributed by atoms with Gasteiger partial charge in [-0.3, -0.25) is 4.79 Å². The Morgan fingerprint density at radius 3 is 2.58 bits per heavy atom. The molecule has 2 aromatic carbocycles. The Balaban J connectivity index is 1.23. The van der Waals surface area contributed by atoms with Gasteiger partial charge in [0, 0.05) is 36.5 Å². The summed E-state index contributed by atoms with van der Waals surface area (Å²) in [6.45, 7) is 6.45. The van der Waals surface area contributed by atoms with E-state index in [1.54, 1.807) is 0 Å². The zero-order chi connectivity index (χ0) is 24.9. The smallest absolute Gasteiger partial charge is 0.222 e. The van der Waals surface area contributed by atoms with Gasteiger partial charge in [0.05, 0.1) is 11.4 Å². The number of aryl methyl sites for hydroxylation is 2. The number of carbonyl (C=O) groups excluding carboxylic acids is 1. The Morgan fingerprint density at radius 1 is 1.00 bits per heavy atom. The summed E-state index contributed by atoms with van der Waals surface area (Å²) < 4.78 is 16.1. The van der Waals surface area contributed by atoms with Crippen molar-refractivity contribution in [3.05, 3.63) is 83.7 Å². The van der Waals surface area contributed by atoms with E-state index in [0.29, 0.717) is 32.1 Å². The van der Waals surface area contributed by atoms with E-state index in [1.807, 2.05) is 42.3 Å². The van der Waals surface area contributed by atoms with Gasteiger partial charge in [-0.2, -0.15) is 0 Å². The molecule has 184 valence electrons. The van der Waals surface area contributed by atoms with Gasteiger partial charge in [0.15, 0.2) is 0 Å². The number of pyridine rings is 1. The predicted molar refractivity (Wildman–Crippen MR) is 142 cm³/mol. The van der Waals surface area contributed by atoms with Crippen molar-refractivity contribution in [2.24, 2.45) is 0 Å². The van der Waals surface area contributed by atoms with Crippen molar-refractivity contribution in [1.82, 2.24) is 14.3 Å². The third kappa shape index (κ3) is 5.57. The third-order valence-corrected chi connectivity index (χ3v) is 7.15. The average molecular weight is 500 g/mol. The lowest BCUT2D eigenvalue weighted by Crippen LogP contribution is -2.29. The summed E-state index contributed by atoms with van der Waals surface area (Å²) in [6, 6.07) is 20.5. The lowest BCUT2D eigenvalue weighted by Gasteiger charge is -2.17. The Bertz CT molecular complexity index is 1310. The van der Waals surface area contributed by atoms with Gasteiger partial charge in [0.1, 0.15) is 19.0 Å². The molecule has 0 unspecified atom stereocenters. The SMILES string of the molecule is Cc1cc(OCCN2CCCC2=O)nc(C)c1-c1cccc(COc2ccc(-c3ccns3)cc2)c1. The number of amides is 1. The number of ether oxygens (including phenoxy) is 2. The Kier molecular flexibility index (Phi) is 7.28. The first kappa shape index (κ1) is 24.0. The molecule has 0 bridgehead atoms. The van der Waals surface area contributed by atoms with E-state index in [-0.39, 0.29) is 5.91 Å². The molecule has 0 atom stereocenters. The molecular formula is C29H29N3O3S. The Labute approximate surface area is 215 Å². The van der Waals surface area contributed by atoms with Crippen LogP contribution in [0.2, 0.25) is 0 Å². The molecule has 1 aliphatic rings. The average Bonchev–Trinajstić information content (AvgIpc) is 3.55. The fourth-order valence-electron chi connectivity index (χ4n) is 4.57. The van der Waals surface area contributed by atoms with Crippen LogP contribution in [0.1, 0.15) is 29.7 Å². The van der Waals surface area contributed by atoms with Crippen LogP contribution >= 0.6 is 11.5 Å². The van der Waals surface area contributed by atoms with Gasteiger partial charge in [-0.25, -0.2) is 9.36 Å². The largest absolute Gasteiger partial charge is 0.489 e. The summed E-state index contributed by atoms with van der Waals surface area (Å²) in [6.07, 6.45) is 3.40. The van der Waals surface area contributed by atoms with Crippen LogP contribution in [-0.2, 0) is 11.4 Å². The molecule has 36 heavy (non-hydrogen) atoms. The molecule has 1 aliphatic heterocycles. The van der Waals surface area contributed by atoms with Crippen molar-refractivity contribution < 1.29 is 14.3 Å². The van der Waals surface area contributed by atoms with E-state index >= 15 is 0 Å². The van der Waals surface area contributed by atoms with Crippen LogP contribution in [-0.4, -0.2) is 39.9 Å². The molecule has 7 heteroatoms. The molecule has 0 radical (unpaired) electrons. The molecule has 4 aromatic rings. The van der Waals surface area contributed by atoms with Gasteiger partial charge >= 0.3 is 0 Å². The summed E-state index contributed by atoms with van der Waals surface area (Å²) in [5, 5.41) is 0. The summed E-state index contributed by atoms with van der Waals surface area (Å²) in [4.78, 5) is 19.5. The lowest BCUT2D eigenvalue weighted by molar-refractivity contribution is -0.128. The van der Waals surface area contributed by atoms with E-state index in [4.69, 9.17) is 9.47 Å². The maximum atomic E-state index is 11.8. The third-order valence-electron chi connectivity index (χ3n) is 6.35. The number of likely N-dealkylation sites (tertiary alicyclic amines) is 1. The van der Waals surface area contributed by atoms with Crippen LogP contribution < -0.4 is 9.47 Å². The fourth-order valence-corrected chi connectivity index (χ4v) is 5.17. The van der Waals surface area contributed by atoms with Gasteiger partial charge < -0.3 is 14.4 Å². The quantitative estimate of drug-likeness (QED) is 0.280. The number of rotatable bonds is 9. The van der Waals surface area contributed by atoms with Crippen molar-refractivity contribution in [2.75, 3.05) is 19.7 Å². The van der Waals surface area contributed by atoms with Crippen LogP contribution in [0.4, 0.5) is 0 Å². The topological polar surface area (TPSA) is 64.5 Å². The summed E-state index contributed by atoms with van der Waals surface area (Å²) >= 11 is 1.49. The summed E-state index contributed by atoms with van der Waals surface area (Å²) in [5.74, 6) is 1.65. The van der Waals surface area contributed by atoms with Crippen LogP contribution in [0.5, 0.6) is 11.6 Å². The van der Waals surface area contributed by atoms with E-state index in [0.717, 1.165) is 57.1 Å². The van der Waals surface area contributed by atoms with Crippen molar-refractivity contribution in [1.29, 1.82) is 0 Å². The van der Waals surface area contributed by atoms with Crippen LogP contribution in [0.3, 0.4) is 0 Å². The molecule has 0 spiro atoms. The molecule has 2 aromatic heterocycles. The standard InChI is InChI=1S/C29H29N3O3S/c1-20-17-27(34-16-15-32-14-4-7-28(32)33)31-21(2)29(20)24-6-3-5-22(18-24)19-35-25-10-8-23(9-11-25)26-12-13-30-36-26/h3,5-6,8-13,17-18H,4,7,14-16,19H2,1-2H3. The minimum atomic E-state index is 0.214. The van der Waals surface area contributed by atoms with E-state index in [1.165, 1.54) is 11.5 Å². The fraction of sp³-hybridized carbons (Fsp3) is 0.276. The molecule has 6 nitrogen and oxygen atoms in total. The normalized spacial score (nSPS) is 13.3. The van der Waals surface area contributed by atoms with Crippen LogP contribution in [0, 0.1) is 13.8 Å². The van der Waals surface area contributed by atoms with Gasteiger partial charge in [-0.05, 0) is 90.5 Å². The number of hydrogen-bond acceptors (Lipinski definition) is 6. The Hall–Kier alpha value is -3.71. The number of nitrogens with zero attached hydrogens (tertiary/aromatic N) is 3. The predicted octanol–water partition coefficient (Wildman–Crippen LogP) is 6.07. The van der Waals surface area contributed by atoms with Gasteiger partial charge in [-0.1, -0.05) is 18.2 Å². The van der Waals surface area contributed by atoms with Crippen molar-refractivity contribution in [3.8, 4) is 33.2 Å². The second kappa shape index (κ2) is 10.9. The molecule has 0 aliphatic carbocycles. The second-order valence-electron chi connectivity index (χ2n) is 8.96. The van der Waals surface area contributed by atoms with Gasteiger partial charge in [-0.15, -0.1) is 0 Å². The van der Waals surface area contributed by atoms with Crippen LogP contribution in [0.15, 0.2) is 66.9 Å². The van der Waals surface area contributed by atoms with E-state index in [2.05, 4.69) is 52.7 Å². The number of hydrogen-bond donors (Lipinski definition) is 0. The van der Waals surface area contributed by atoms with E-state index < -0.39 is 0 Å². The highest BCUT2D eigenvalue weighted by Crippen LogP contribution is 2.30. The van der Waals surface area contributed by atoms with Crippen molar-refractivity contribution in [2.45, 2.75) is 33.3 Å². The highest BCUT2D eigenvalue weighted by atomic mass is 32.1. The van der Waals surface area contributed by atoms with Gasteiger partial charge in [0.25, 0.3) is 0 Å². The lowest BCUT2D eigenvalue weighted by atomic mass is 9.98. The Morgan fingerprint density at radius 2 is 1.86 bits per heavy atom. The zero-order valence-electron chi connectivity index (χ0n) is 20.6. The first-order valence-corrected chi connectivity index (χ1v) is 13.0.